The number of carboxylic acids is 1. The van der Waals surface area contributed by atoms with Gasteiger partial charge in [-0.3, -0.25) is 9.59 Å². The summed E-state index contributed by atoms with van der Waals surface area (Å²) in [5.41, 5.74) is 0. The van der Waals surface area contributed by atoms with Crippen molar-refractivity contribution in [3.05, 3.63) is 24.3 Å². The summed E-state index contributed by atoms with van der Waals surface area (Å²) in [5.74, 6) is -2.28. The van der Waals surface area contributed by atoms with Crippen LogP contribution < -0.4 is 5.11 Å². The third-order valence-corrected chi connectivity index (χ3v) is 11.9. The number of unbranched alkanes of at least 4 members (excludes halogenated alkanes) is 31. The first-order valence-corrected chi connectivity index (χ1v) is 27.0. The Morgan fingerprint density at radius 2 is 0.797 bits per heavy atom. The van der Waals surface area contributed by atoms with E-state index in [4.69, 9.17) is 18.9 Å². The van der Waals surface area contributed by atoms with Gasteiger partial charge < -0.3 is 33.3 Å². The highest BCUT2D eigenvalue weighted by Gasteiger charge is 2.22. The highest BCUT2D eigenvalue weighted by atomic mass is 16.7. The van der Waals surface area contributed by atoms with E-state index in [9.17, 15) is 19.5 Å². The number of likely N-dealkylation sites (N-methyl/N-ethyl adjacent to an activating group) is 1. The van der Waals surface area contributed by atoms with Crippen molar-refractivity contribution in [3.63, 3.8) is 0 Å². The molecule has 0 aliphatic carbocycles. The lowest BCUT2D eigenvalue weighted by molar-refractivity contribution is -0.870. The van der Waals surface area contributed by atoms with Crippen LogP contribution in [-0.4, -0.2) is 82.3 Å². The average Bonchev–Trinajstić information content (AvgIpc) is 3.26. The van der Waals surface area contributed by atoms with Crippen molar-refractivity contribution >= 4 is 17.9 Å². The fourth-order valence-corrected chi connectivity index (χ4v) is 7.70. The van der Waals surface area contributed by atoms with Crippen molar-refractivity contribution in [1.82, 2.24) is 0 Å². The number of ether oxygens (including phenoxy) is 4. The molecule has 0 aromatic carbocycles. The summed E-state index contributed by atoms with van der Waals surface area (Å²) in [5, 5.41) is 11.7. The summed E-state index contributed by atoms with van der Waals surface area (Å²) in [6, 6.07) is 0. The van der Waals surface area contributed by atoms with Gasteiger partial charge in [0, 0.05) is 12.8 Å². The summed E-state index contributed by atoms with van der Waals surface area (Å²) in [7, 11) is 5.92. The van der Waals surface area contributed by atoms with Crippen molar-refractivity contribution in [3.8, 4) is 0 Å². The topological polar surface area (TPSA) is 111 Å². The predicted molar refractivity (Wildman–Crippen MR) is 265 cm³/mol. The first-order valence-electron chi connectivity index (χ1n) is 27.0. The Kier molecular flexibility index (Phi) is 45.6. The maximum Gasteiger partial charge on any atom is 0.306 e. The number of esters is 2. The lowest BCUT2D eigenvalue weighted by Gasteiger charge is -2.26. The molecule has 0 rings (SSSR count). The Morgan fingerprint density at radius 1 is 0.453 bits per heavy atom. The molecule has 0 bridgehead atoms. The van der Waals surface area contributed by atoms with Crippen LogP contribution in [0.15, 0.2) is 24.3 Å². The van der Waals surface area contributed by atoms with Crippen molar-refractivity contribution < 1.29 is 42.9 Å². The van der Waals surface area contributed by atoms with Crippen LogP contribution in [0, 0.1) is 0 Å². The number of hydrogen-bond acceptors (Lipinski definition) is 8. The van der Waals surface area contributed by atoms with Crippen LogP contribution in [0.5, 0.6) is 0 Å². The van der Waals surface area contributed by atoms with Gasteiger partial charge in [-0.15, -0.1) is 0 Å². The molecule has 0 fully saturated rings. The smallest absolute Gasteiger partial charge is 0.306 e. The summed E-state index contributed by atoms with van der Waals surface area (Å²) < 4.78 is 22.7. The molecule has 0 saturated heterocycles. The van der Waals surface area contributed by atoms with Gasteiger partial charge in [-0.1, -0.05) is 199 Å². The van der Waals surface area contributed by atoms with E-state index in [1.54, 1.807) is 0 Å². The van der Waals surface area contributed by atoms with E-state index in [-0.39, 0.29) is 38.6 Å². The highest BCUT2D eigenvalue weighted by molar-refractivity contribution is 5.70. The molecule has 0 heterocycles. The number of nitrogens with zero attached hydrogens (tertiary/aromatic N) is 1. The van der Waals surface area contributed by atoms with Gasteiger partial charge in [0.2, 0.25) is 0 Å². The lowest BCUT2D eigenvalue weighted by atomic mass is 10.1. The van der Waals surface area contributed by atoms with Crippen molar-refractivity contribution in [2.75, 3.05) is 47.5 Å². The minimum Gasteiger partial charge on any atom is -0.545 e. The van der Waals surface area contributed by atoms with Crippen molar-refractivity contribution in [2.45, 2.75) is 264 Å². The molecule has 376 valence electrons. The Labute approximate surface area is 395 Å². The normalized spacial score (nSPS) is 13.0. The number of carbonyl (C=O) groups is 3. The van der Waals surface area contributed by atoms with E-state index in [1.165, 1.54) is 180 Å². The molecular weight excluding hydrogens is 803 g/mol. The number of allylic oxidation sites excluding steroid dienone is 4. The highest BCUT2D eigenvalue weighted by Crippen LogP contribution is 2.15. The Bertz CT molecular complexity index is 1100. The average molecular weight is 906 g/mol. The molecule has 0 amide bonds. The SMILES string of the molecule is CCCCCCCCC/C=C\CCCCCCCCCC(=O)OCC(COC(OCC[N+](C)(C)C)C(=O)[O-])OC(=O)CCCCCCCCCCC/C=C\CCCCCCCCCC. The van der Waals surface area contributed by atoms with Gasteiger partial charge >= 0.3 is 11.9 Å². The standard InChI is InChI=1S/C55H103NO8/c1-6-8-10-12-14-16-18-20-22-24-26-27-28-30-32-34-36-38-40-42-44-46-53(58)64-51(50-63-55(54(59)60)61-48-47-56(3,4)5)49-62-52(57)45-43-41-39-37-35-33-31-29-25-23-21-19-17-15-13-11-9-7-2/h23-26,51,55H,6-22,27-50H2,1-5H3/b25-23-,26-24-. The molecule has 0 saturated carbocycles. The molecule has 0 radical (unpaired) electrons. The molecule has 9 heteroatoms. The van der Waals surface area contributed by atoms with E-state index < -0.39 is 24.3 Å². The zero-order valence-electron chi connectivity index (χ0n) is 42.7. The van der Waals surface area contributed by atoms with E-state index in [2.05, 4.69) is 38.2 Å². The molecule has 9 nitrogen and oxygen atoms in total. The molecule has 0 N–H and O–H groups in total. The Hall–Kier alpha value is -2.23. The number of aliphatic carboxylic acids is 1. The van der Waals surface area contributed by atoms with Crippen molar-refractivity contribution in [2.24, 2.45) is 0 Å². The van der Waals surface area contributed by atoms with Gasteiger partial charge in [-0.05, 0) is 64.2 Å². The van der Waals surface area contributed by atoms with Crippen LogP contribution in [0.25, 0.3) is 0 Å². The number of hydrogen-bond donors (Lipinski definition) is 0. The van der Waals surface area contributed by atoms with Gasteiger partial charge in [-0.2, -0.15) is 0 Å². The van der Waals surface area contributed by atoms with E-state index >= 15 is 0 Å². The quantitative estimate of drug-likeness (QED) is 0.0195. The van der Waals surface area contributed by atoms with Gasteiger partial charge in [0.1, 0.15) is 13.2 Å². The molecule has 2 atom stereocenters. The molecule has 0 aromatic rings. The second kappa shape index (κ2) is 47.3. The summed E-state index contributed by atoms with van der Waals surface area (Å²) >= 11 is 0. The van der Waals surface area contributed by atoms with Gasteiger partial charge in [0.25, 0.3) is 0 Å². The zero-order chi connectivity index (χ0) is 47.0. The van der Waals surface area contributed by atoms with Crippen LogP contribution in [0.3, 0.4) is 0 Å². The Balaban J connectivity index is 4.30. The van der Waals surface area contributed by atoms with Crippen LogP contribution in [0.4, 0.5) is 0 Å². The van der Waals surface area contributed by atoms with Crippen LogP contribution >= 0.6 is 0 Å². The maximum absolute atomic E-state index is 12.8. The minimum absolute atomic E-state index is 0.148. The minimum atomic E-state index is -1.62. The second-order valence-electron chi connectivity index (χ2n) is 19.5. The van der Waals surface area contributed by atoms with Gasteiger partial charge in [-0.25, -0.2) is 0 Å². The lowest BCUT2D eigenvalue weighted by Crippen LogP contribution is -2.44. The molecule has 0 aliphatic heterocycles. The summed E-state index contributed by atoms with van der Waals surface area (Å²) in [6.45, 7) is 4.77. The first-order chi connectivity index (χ1) is 31.1. The number of quaternary nitrogens is 1. The molecular formula is C55H103NO8. The Morgan fingerprint density at radius 3 is 1.16 bits per heavy atom. The molecule has 0 spiro atoms. The first kappa shape index (κ1) is 61.8. The fraction of sp³-hybridized carbons (Fsp3) is 0.873. The molecule has 2 unspecified atom stereocenters. The maximum atomic E-state index is 12.8. The third kappa shape index (κ3) is 47.7. The largest absolute Gasteiger partial charge is 0.545 e. The zero-order valence-corrected chi connectivity index (χ0v) is 42.7. The van der Waals surface area contributed by atoms with Gasteiger partial charge in [0.15, 0.2) is 12.4 Å². The predicted octanol–water partition coefficient (Wildman–Crippen LogP) is 13.8. The number of rotatable bonds is 50. The summed E-state index contributed by atoms with van der Waals surface area (Å²) in [6.07, 6.45) is 50.7. The molecule has 64 heavy (non-hydrogen) atoms. The van der Waals surface area contributed by atoms with E-state index in [1.807, 2.05) is 21.1 Å². The van der Waals surface area contributed by atoms with E-state index in [0.717, 1.165) is 38.5 Å². The van der Waals surface area contributed by atoms with E-state index in [0.29, 0.717) is 17.4 Å². The monoisotopic (exact) mass is 906 g/mol. The molecule has 0 aromatic heterocycles. The second-order valence-corrected chi connectivity index (χ2v) is 19.5. The fourth-order valence-electron chi connectivity index (χ4n) is 7.70. The van der Waals surface area contributed by atoms with Crippen LogP contribution in [0.1, 0.15) is 251 Å². The van der Waals surface area contributed by atoms with Crippen molar-refractivity contribution in [1.29, 1.82) is 0 Å². The van der Waals surface area contributed by atoms with Crippen LogP contribution in [0.2, 0.25) is 0 Å². The van der Waals surface area contributed by atoms with Crippen LogP contribution in [-0.2, 0) is 33.3 Å². The molecule has 0 aliphatic rings. The number of carboxylic acid groups (broad SMARTS) is 1. The summed E-state index contributed by atoms with van der Waals surface area (Å²) in [4.78, 5) is 37.2. The van der Waals surface area contributed by atoms with Gasteiger partial charge in [0.05, 0.1) is 40.3 Å². The number of carbonyl (C=O) groups excluding carboxylic acids is 3. The third-order valence-electron chi connectivity index (χ3n) is 11.9.